The molecular weight excluding hydrogens is 324 g/mol. The first-order valence-electron chi connectivity index (χ1n) is 6.38. The van der Waals surface area contributed by atoms with E-state index in [0.29, 0.717) is 5.92 Å². The van der Waals surface area contributed by atoms with E-state index in [0.717, 1.165) is 28.9 Å². The number of benzene rings is 1. The molecule has 0 saturated heterocycles. The van der Waals surface area contributed by atoms with Gasteiger partial charge >= 0.3 is 0 Å². The predicted octanol–water partition coefficient (Wildman–Crippen LogP) is 4.18. The summed E-state index contributed by atoms with van der Waals surface area (Å²) >= 11 is 9.54. The van der Waals surface area contributed by atoms with Crippen molar-refractivity contribution in [1.82, 2.24) is 9.78 Å². The standard InChI is InChI=1S/C15H18BrClN2/c1-11-7-15(19(2)18-11)9-13(10-16)8-12-3-5-14(17)6-4-12/h3-7,13H,8-10H2,1-2H3. The maximum absolute atomic E-state index is 5.91. The molecule has 0 bridgehead atoms. The zero-order chi connectivity index (χ0) is 13.8. The molecule has 4 heteroatoms. The number of hydrogen-bond acceptors (Lipinski definition) is 1. The monoisotopic (exact) mass is 340 g/mol. The van der Waals surface area contributed by atoms with Crippen LogP contribution in [0.5, 0.6) is 0 Å². The molecule has 1 heterocycles. The van der Waals surface area contributed by atoms with E-state index in [1.165, 1.54) is 11.3 Å². The predicted molar refractivity (Wildman–Crippen MR) is 84.1 cm³/mol. The van der Waals surface area contributed by atoms with Gasteiger partial charge in [-0.25, -0.2) is 0 Å². The van der Waals surface area contributed by atoms with Crippen molar-refractivity contribution in [3.8, 4) is 0 Å². The Hall–Kier alpha value is -0.800. The number of hydrogen-bond donors (Lipinski definition) is 0. The smallest absolute Gasteiger partial charge is 0.0596 e. The van der Waals surface area contributed by atoms with E-state index in [1.807, 2.05) is 30.8 Å². The Morgan fingerprint density at radius 1 is 1.26 bits per heavy atom. The largest absolute Gasteiger partial charge is 0.272 e. The molecule has 2 aromatic rings. The van der Waals surface area contributed by atoms with E-state index in [2.05, 4.69) is 39.2 Å². The molecule has 2 nitrogen and oxygen atoms in total. The third kappa shape index (κ3) is 4.08. The molecule has 1 aromatic carbocycles. The van der Waals surface area contributed by atoms with E-state index >= 15 is 0 Å². The van der Waals surface area contributed by atoms with Crippen molar-refractivity contribution in [2.24, 2.45) is 13.0 Å². The van der Waals surface area contributed by atoms with E-state index in [-0.39, 0.29) is 0 Å². The van der Waals surface area contributed by atoms with E-state index in [9.17, 15) is 0 Å². The topological polar surface area (TPSA) is 17.8 Å². The molecule has 0 saturated carbocycles. The quantitative estimate of drug-likeness (QED) is 0.746. The minimum absolute atomic E-state index is 0.566. The average molecular weight is 342 g/mol. The highest BCUT2D eigenvalue weighted by Crippen LogP contribution is 2.19. The minimum atomic E-state index is 0.566. The second-order valence-electron chi connectivity index (χ2n) is 4.96. The Kier molecular flexibility index (Phi) is 5.06. The summed E-state index contributed by atoms with van der Waals surface area (Å²) in [6, 6.07) is 10.3. The lowest BCUT2D eigenvalue weighted by Crippen LogP contribution is -2.12. The fraction of sp³-hybridized carbons (Fsp3) is 0.400. The molecule has 19 heavy (non-hydrogen) atoms. The number of aryl methyl sites for hydroxylation is 2. The summed E-state index contributed by atoms with van der Waals surface area (Å²) in [5.41, 5.74) is 3.70. The molecule has 0 aliphatic heterocycles. The minimum Gasteiger partial charge on any atom is -0.272 e. The lowest BCUT2D eigenvalue weighted by molar-refractivity contribution is 0.557. The zero-order valence-electron chi connectivity index (χ0n) is 11.2. The first kappa shape index (κ1) is 14.6. The Bertz CT molecular complexity index is 534. The van der Waals surface area contributed by atoms with Gasteiger partial charge in [0, 0.05) is 23.1 Å². The first-order valence-corrected chi connectivity index (χ1v) is 7.88. The highest BCUT2D eigenvalue weighted by Gasteiger charge is 2.12. The molecule has 0 N–H and O–H groups in total. The summed E-state index contributed by atoms with van der Waals surface area (Å²) in [7, 11) is 2.01. The molecule has 1 atom stereocenters. The number of alkyl halides is 1. The lowest BCUT2D eigenvalue weighted by atomic mass is 9.96. The van der Waals surface area contributed by atoms with Crippen molar-refractivity contribution in [2.75, 3.05) is 5.33 Å². The fourth-order valence-corrected chi connectivity index (χ4v) is 2.87. The van der Waals surface area contributed by atoms with Gasteiger partial charge in [0.25, 0.3) is 0 Å². The van der Waals surface area contributed by atoms with Crippen molar-refractivity contribution in [3.63, 3.8) is 0 Å². The molecule has 0 aliphatic carbocycles. The highest BCUT2D eigenvalue weighted by atomic mass is 79.9. The van der Waals surface area contributed by atoms with Gasteiger partial charge in [-0.2, -0.15) is 5.10 Å². The van der Waals surface area contributed by atoms with Crippen LogP contribution >= 0.6 is 27.5 Å². The first-order chi connectivity index (χ1) is 9.08. The summed E-state index contributed by atoms with van der Waals surface area (Å²) in [6.45, 7) is 2.03. The van der Waals surface area contributed by atoms with Crippen LogP contribution < -0.4 is 0 Å². The van der Waals surface area contributed by atoms with Gasteiger partial charge in [0.05, 0.1) is 5.69 Å². The van der Waals surface area contributed by atoms with Crippen LogP contribution in [0.25, 0.3) is 0 Å². The molecular formula is C15H18BrClN2. The Morgan fingerprint density at radius 2 is 1.95 bits per heavy atom. The highest BCUT2D eigenvalue weighted by molar-refractivity contribution is 9.09. The Balaban J connectivity index is 2.04. The van der Waals surface area contributed by atoms with Gasteiger partial charge < -0.3 is 0 Å². The fourth-order valence-electron chi connectivity index (χ4n) is 2.29. The van der Waals surface area contributed by atoms with Crippen LogP contribution in [-0.4, -0.2) is 15.1 Å². The maximum atomic E-state index is 5.91. The molecule has 0 aliphatic rings. The number of nitrogens with zero attached hydrogens (tertiary/aromatic N) is 2. The van der Waals surface area contributed by atoms with Crippen molar-refractivity contribution < 1.29 is 0 Å². The van der Waals surface area contributed by atoms with Gasteiger partial charge in [-0.1, -0.05) is 39.7 Å². The normalized spacial score (nSPS) is 12.6. The number of halogens is 2. The molecule has 102 valence electrons. The molecule has 2 rings (SSSR count). The van der Waals surface area contributed by atoms with Crippen LogP contribution in [0.4, 0.5) is 0 Å². The zero-order valence-corrected chi connectivity index (χ0v) is 13.6. The molecule has 0 spiro atoms. The SMILES string of the molecule is Cc1cc(CC(CBr)Cc2ccc(Cl)cc2)n(C)n1. The van der Waals surface area contributed by atoms with Crippen LogP contribution in [0.15, 0.2) is 30.3 Å². The van der Waals surface area contributed by atoms with E-state index in [1.54, 1.807) is 0 Å². The second-order valence-corrected chi connectivity index (χ2v) is 6.04. The molecule has 1 aromatic heterocycles. The summed E-state index contributed by atoms with van der Waals surface area (Å²) in [5.74, 6) is 0.566. The lowest BCUT2D eigenvalue weighted by Gasteiger charge is -2.14. The summed E-state index contributed by atoms with van der Waals surface area (Å²) in [4.78, 5) is 0. The summed E-state index contributed by atoms with van der Waals surface area (Å²) in [5, 5.41) is 6.18. The van der Waals surface area contributed by atoms with Gasteiger partial charge in [-0.05, 0) is 49.4 Å². The Morgan fingerprint density at radius 3 is 2.47 bits per heavy atom. The van der Waals surface area contributed by atoms with E-state index < -0.39 is 0 Å². The Labute approximate surface area is 127 Å². The summed E-state index contributed by atoms with van der Waals surface area (Å²) < 4.78 is 1.98. The molecule has 1 unspecified atom stereocenters. The molecule has 0 amide bonds. The maximum Gasteiger partial charge on any atom is 0.0596 e. The number of aromatic nitrogens is 2. The van der Waals surface area contributed by atoms with Crippen LogP contribution in [0.1, 0.15) is 17.0 Å². The van der Waals surface area contributed by atoms with Gasteiger partial charge in [0.1, 0.15) is 0 Å². The summed E-state index contributed by atoms with van der Waals surface area (Å²) in [6.07, 6.45) is 2.08. The average Bonchev–Trinajstić information content (AvgIpc) is 2.69. The van der Waals surface area contributed by atoms with Crippen LogP contribution in [0, 0.1) is 12.8 Å². The third-order valence-corrected chi connectivity index (χ3v) is 4.42. The number of rotatable bonds is 5. The van der Waals surface area contributed by atoms with Gasteiger partial charge in [-0.3, -0.25) is 4.68 Å². The van der Waals surface area contributed by atoms with Gasteiger partial charge in [0.2, 0.25) is 0 Å². The van der Waals surface area contributed by atoms with Gasteiger partial charge in [0.15, 0.2) is 0 Å². The second kappa shape index (κ2) is 6.58. The van der Waals surface area contributed by atoms with Gasteiger partial charge in [-0.15, -0.1) is 0 Å². The van der Waals surface area contributed by atoms with Crippen molar-refractivity contribution in [3.05, 3.63) is 52.3 Å². The van der Waals surface area contributed by atoms with Crippen molar-refractivity contribution in [2.45, 2.75) is 19.8 Å². The van der Waals surface area contributed by atoms with Crippen LogP contribution in [0.2, 0.25) is 5.02 Å². The van der Waals surface area contributed by atoms with Crippen LogP contribution in [0.3, 0.4) is 0 Å². The van der Waals surface area contributed by atoms with E-state index in [4.69, 9.17) is 11.6 Å². The molecule has 0 radical (unpaired) electrons. The van der Waals surface area contributed by atoms with Crippen LogP contribution in [-0.2, 0) is 19.9 Å². The third-order valence-electron chi connectivity index (χ3n) is 3.25. The molecule has 0 fully saturated rings. The van der Waals surface area contributed by atoms with Crippen molar-refractivity contribution >= 4 is 27.5 Å². The van der Waals surface area contributed by atoms with Crippen molar-refractivity contribution in [1.29, 1.82) is 0 Å².